The van der Waals surface area contributed by atoms with Crippen LogP contribution in [-0.2, 0) is 21.6 Å². The fourth-order valence-electron chi connectivity index (χ4n) is 3.87. The SMILES string of the molecule is CC1=NC2(c3ccc(Cl)c(Cc4csc(C)c4)c3)O[C@H](CO)[C@@H](O)[C@H](O)C2O1. The molecule has 3 N–H and O–H groups in total. The van der Waals surface area contributed by atoms with Crippen LogP contribution in [0.5, 0.6) is 0 Å². The van der Waals surface area contributed by atoms with Crippen LogP contribution in [0.3, 0.4) is 0 Å². The maximum absolute atomic E-state index is 10.6. The van der Waals surface area contributed by atoms with E-state index in [9.17, 15) is 15.3 Å². The number of fused-ring (bicyclic) bond motifs is 1. The maximum atomic E-state index is 10.6. The molecule has 0 aliphatic carbocycles. The molecule has 3 heterocycles. The summed E-state index contributed by atoms with van der Waals surface area (Å²) in [5.74, 6) is 0.347. The predicted molar refractivity (Wildman–Crippen MR) is 107 cm³/mol. The Morgan fingerprint density at radius 2 is 2.00 bits per heavy atom. The predicted octanol–water partition coefficient (Wildman–Crippen LogP) is 2.38. The van der Waals surface area contributed by atoms with Crippen molar-refractivity contribution in [3.05, 3.63) is 56.2 Å². The minimum absolute atomic E-state index is 0.347. The zero-order valence-electron chi connectivity index (χ0n) is 15.5. The Kier molecular flexibility index (Phi) is 5.24. The van der Waals surface area contributed by atoms with Crippen molar-refractivity contribution in [2.45, 2.75) is 50.4 Å². The molecule has 0 radical (unpaired) electrons. The van der Waals surface area contributed by atoms with Crippen LogP contribution in [-0.4, -0.2) is 52.2 Å². The fraction of sp³-hybridized carbons (Fsp3) is 0.450. The molecule has 0 bridgehead atoms. The molecule has 2 aromatic rings. The van der Waals surface area contributed by atoms with Gasteiger partial charge in [-0.05, 0) is 48.1 Å². The number of hydrogen-bond acceptors (Lipinski definition) is 7. The van der Waals surface area contributed by atoms with Crippen LogP contribution >= 0.6 is 22.9 Å². The van der Waals surface area contributed by atoms with E-state index >= 15 is 0 Å². The Balaban J connectivity index is 1.76. The number of benzene rings is 1. The van der Waals surface area contributed by atoms with Gasteiger partial charge in [-0.15, -0.1) is 11.3 Å². The van der Waals surface area contributed by atoms with Crippen LogP contribution in [0.2, 0.25) is 5.02 Å². The molecule has 8 heteroatoms. The number of aliphatic hydroxyl groups excluding tert-OH is 3. The molecule has 5 atom stereocenters. The molecule has 0 spiro atoms. The molecular formula is C20H22ClNO5S. The summed E-state index contributed by atoms with van der Waals surface area (Å²) in [5, 5.41) is 33.2. The fourth-order valence-corrected chi connectivity index (χ4v) is 4.76. The number of aliphatic imine (C=N–C) groups is 1. The molecule has 150 valence electrons. The first-order valence-corrected chi connectivity index (χ1v) is 10.3. The summed E-state index contributed by atoms with van der Waals surface area (Å²) >= 11 is 8.12. The molecule has 1 aromatic heterocycles. The standard InChI is InChI=1S/C20H22ClNO5S/c1-10-5-12(9-28-10)6-13-7-14(3-4-15(13)21)20-19(26-11(2)22-20)18(25)17(24)16(8-23)27-20/h3-5,7,9,16-19,23-25H,6,8H2,1-2H3/t16-,17-,18+,19?,20?/m1/s1. The van der Waals surface area contributed by atoms with E-state index in [-0.39, 0.29) is 0 Å². The van der Waals surface area contributed by atoms with Crippen molar-refractivity contribution in [2.75, 3.05) is 6.61 Å². The van der Waals surface area contributed by atoms with Gasteiger partial charge in [-0.25, -0.2) is 4.99 Å². The number of nitrogens with zero attached hydrogens (tertiary/aromatic N) is 1. The lowest BCUT2D eigenvalue weighted by Gasteiger charge is -2.44. The summed E-state index contributed by atoms with van der Waals surface area (Å²) in [6.45, 7) is 3.28. The summed E-state index contributed by atoms with van der Waals surface area (Å²) in [5.41, 5.74) is 1.37. The first kappa shape index (κ1) is 19.8. The van der Waals surface area contributed by atoms with Crippen molar-refractivity contribution in [3.8, 4) is 0 Å². The van der Waals surface area contributed by atoms with Crippen molar-refractivity contribution >= 4 is 28.8 Å². The van der Waals surface area contributed by atoms with E-state index in [2.05, 4.69) is 23.4 Å². The second kappa shape index (κ2) is 7.40. The maximum Gasteiger partial charge on any atom is 0.228 e. The largest absolute Gasteiger partial charge is 0.469 e. The Morgan fingerprint density at radius 3 is 2.68 bits per heavy atom. The molecular weight excluding hydrogens is 402 g/mol. The van der Waals surface area contributed by atoms with E-state index in [4.69, 9.17) is 21.1 Å². The van der Waals surface area contributed by atoms with Crippen molar-refractivity contribution in [3.63, 3.8) is 0 Å². The van der Waals surface area contributed by atoms with E-state index in [0.717, 1.165) is 11.1 Å². The third kappa shape index (κ3) is 3.26. The van der Waals surface area contributed by atoms with E-state index in [1.54, 1.807) is 30.4 Å². The number of thiophene rings is 1. The first-order chi connectivity index (χ1) is 13.3. The van der Waals surface area contributed by atoms with Crippen LogP contribution in [0.25, 0.3) is 0 Å². The lowest BCUT2D eigenvalue weighted by Crippen LogP contribution is -2.61. The van der Waals surface area contributed by atoms with Gasteiger partial charge in [0.1, 0.15) is 18.3 Å². The summed E-state index contributed by atoms with van der Waals surface area (Å²) in [4.78, 5) is 5.75. The van der Waals surface area contributed by atoms with Crippen molar-refractivity contribution in [2.24, 2.45) is 4.99 Å². The summed E-state index contributed by atoms with van der Waals surface area (Å²) < 4.78 is 11.7. The first-order valence-electron chi connectivity index (χ1n) is 9.05. The van der Waals surface area contributed by atoms with Gasteiger partial charge < -0.3 is 24.8 Å². The quantitative estimate of drug-likeness (QED) is 0.702. The van der Waals surface area contributed by atoms with Gasteiger partial charge in [-0.2, -0.15) is 0 Å². The van der Waals surface area contributed by atoms with Crippen LogP contribution in [0.1, 0.15) is 28.5 Å². The molecule has 1 fully saturated rings. The third-order valence-corrected chi connectivity index (χ3v) is 6.48. The van der Waals surface area contributed by atoms with Gasteiger partial charge in [0, 0.05) is 22.4 Å². The molecule has 4 rings (SSSR count). The molecule has 2 aliphatic rings. The normalized spacial score (nSPS) is 32.0. The number of aryl methyl sites for hydroxylation is 1. The Labute approximate surface area is 172 Å². The minimum Gasteiger partial charge on any atom is -0.469 e. The van der Waals surface area contributed by atoms with Gasteiger partial charge in [-0.1, -0.05) is 17.7 Å². The molecule has 2 unspecified atom stereocenters. The van der Waals surface area contributed by atoms with E-state index < -0.39 is 36.7 Å². The average molecular weight is 424 g/mol. The molecule has 2 aliphatic heterocycles. The van der Waals surface area contributed by atoms with Crippen LogP contribution in [0.4, 0.5) is 0 Å². The highest BCUT2D eigenvalue weighted by atomic mass is 35.5. The molecule has 0 saturated carbocycles. The molecule has 1 aromatic carbocycles. The summed E-state index contributed by atoms with van der Waals surface area (Å²) in [7, 11) is 0. The van der Waals surface area contributed by atoms with Gasteiger partial charge in [0.25, 0.3) is 0 Å². The number of hydrogen-bond donors (Lipinski definition) is 3. The highest BCUT2D eigenvalue weighted by Crippen LogP contribution is 2.45. The van der Waals surface area contributed by atoms with Gasteiger partial charge in [0.05, 0.1) is 6.61 Å². The minimum atomic E-state index is -1.35. The second-order valence-corrected chi connectivity index (χ2v) is 8.76. The number of ether oxygens (including phenoxy) is 2. The van der Waals surface area contributed by atoms with Crippen molar-refractivity contribution in [1.82, 2.24) is 0 Å². The second-order valence-electron chi connectivity index (χ2n) is 7.23. The van der Waals surface area contributed by atoms with Crippen molar-refractivity contribution < 1.29 is 24.8 Å². The molecule has 6 nitrogen and oxygen atoms in total. The van der Waals surface area contributed by atoms with Gasteiger partial charge in [-0.3, -0.25) is 0 Å². The highest BCUT2D eigenvalue weighted by Gasteiger charge is 2.59. The zero-order valence-corrected chi connectivity index (χ0v) is 17.1. The smallest absolute Gasteiger partial charge is 0.228 e. The summed E-state index contributed by atoms with van der Waals surface area (Å²) in [6, 6.07) is 7.57. The number of rotatable bonds is 4. The lowest BCUT2D eigenvalue weighted by molar-refractivity contribution is -0.262. The zero-order chi connectivity index (χ0) is 20.1. The Hall–Kier alpha value is -1.48. The van der Waals surface area contributed by atoms with Crippen LogP contribution in [0.15, 0.2) is 34.6 Å². The van der Waals surface area contributed by atoms with Gasteiger partial charge in [0.2, 0.25) is 5.72 Å². The number of halogens is 1. The Bertz CT molecular complexity index is 916. The average Bonchev–Trinajstić information content (AvgIpc) is 3.23. The molecule has 28 heavy (non-hydrogen) atoms. The van der Waals surface area contributed by atoms with E-state index in [0.29, 0.717) is 22.9 Å². The lowest BCUT2D eigenvalue weighted by atomic mass is 9.85. The van der Waals surface area contributed by atoms with Crippen LogP contribution < -0.4 is 0 Å². The van der Waals surface area contributed by atoms with Crippen molar-refractivity contribution in [1.29, 1.82) is 0 Å². The third-order valence-electron chi connectivity index (χ3n) is 5.20. The van der Waals surface area contributed by atoms with Gasteiger partial charge >= 0.3 is 0 Å². The van der Waals surface area contributed by atoms with E-state index in [1.807, 2.05) is 6.07 Å². The molecule has 1 saturated heterocycles. The molecule has 0 amide bonds. The monoisotopic (exact) mass is 423 g/mol. The topological polar surface area (TPSA) is 91.5 Å². The highest BCUT2D eigenvalue weighted by molar-refractivity contribution is 7.10. The number of aliphatic hydroxyl groups is 3. The Morgan fingerprint density at radius 1 is 1.21 bits per heavy atom. The van der Waals surface area contributed by atoms with Crippen LogP contribution in [0, 0.1) is 6.92 Å². The van der Waals surface area contributed by atoms with E-state index in [1.165, 1.54) is 4.88 Å². The summed E-state index contributed by atoms with van der Waals surface area (Å²) in [6.07, 6.45) is -3.78. The van der Waals surface area contributed by atoms with Gasteiger partial charge in [0.15, 0.2) is 12.0 Å².